The maximum atomic E-state index is 12.1. The van der Waals surface area contributed by atoms with Gasteiger partial charge in [-0.05, 0) is 19.8 Å². The molecule has 0 aromatic heterocycles. The van der Waals surface area contributed by atoms with Crippen molar-refractivity contribution in [3.05, 3.63) is 12.2 Å². The van der Waals surface area contributed by atoms with Gasteiger partial charge < -0.3 is 0 Å². The number of allylic oxidation sites excluding steroid dienone is 1. The topological polar surface area (TPSA) is 58.5 Å². The van der Waals surface area contributed by atoms with Gasteiger partial charge in [0.05, 0.1) is 6.04 Å². The van der Waals surface area contributed by atoms with Crippen LogP contribution in [0.25, 0.3) is 0 Å². The SMILES string of the molecule is CC(=NC1CC=CCC1Br)NS(=O)(=O)C(F)(F)F. The minimum absolute atomic E-state index is 0.00663. The second kappa shape index (κ2) is 5.60. The van der Waals surface area contributed by atoms with Crippen LogP contribution in [-0.2, 0) is 10.0 Å². The number of hydrogen-bond acceptors (Lipinski definition) is 3. The van der Waals surface area contributed by atoms with Gasteiger partial charge in [-0.2, -0.15) is 21.6 Å². The van der Waals surface area contributed by atoms with Crippen molar-refractivity contribution >= 4 is 31.8 Å². The van der Waals surface area contributed by atoms with E-state index in [1.54, 1.807) is 0 Å². The van der Waals surface area contributed by atoms with Crippen molar-refractivity contribution in [1.82, 2.24) is 4.72 Å². The minimum atomic E-state index is -5.38. The fraction of sp³-hybridized carbons (Fsp3) is 0.667. The van der Waals surface area contributed by atoms with Gasteiger partial charge >= 0.3 is 15.5 Å². The molecule has 0 fully saturated rings. The molecule has 1 aliphatic rings. The second-order valence-corrected chi connectivity index (χ2v) is 6.64. The van der Waals surface area contributed by atoms with Crippen LogP contribution in [0.15, 0.2) is 17.1 Å². The number of sulfonamides is 1. The average Bonchev–Trinajstić information content (AvgIpc) is 2.19. The van der Waals surface area contributed by atoms with Crippen LogP contribution < -0.4 is 4.72 Å². The van der Waals surface area contributed by atoms with Crippen molar-refractivity contribution < 1.29 is 21.6 Å². The summed E-state index contributed by atoms with van der Waals surface area (Å²) in [6, 6.07) is -0.272. The first-order chi connectivity index (χ1) is 8.13. The molecule has 0 spiro atoms. The summed E-state index contributed by atoms with van der Waals surface area (Å²) in [5.74, 6) is -0.267. The lowest BCUT2D eigenvalue weighted by molar-refractivity contribution is -0.0442. The summed E-state index contributed by atoms with van der Waals surface area (Å²) in [5, 5.41) is 0. The Labute approximate surface area is 112 Å². The van der Waals surface area contributed by atoms with Gasteiger partial charge in [-0.3, -0.25) is 9.71 Å². The van der Waals surface area contributed by atoms with E-state index < -0.39 is 15.5 Å². The standard InChI is InChI=1S/C9H12BrF3N2O2S/c1-6(15-18(16,17)9(11,12)13)14-8-5-3-2-4-7(8)10/h2-3,7-8H,4-5H2,1H3,(H,14,15). The number of nitrogens with zero attached hydrogens (tertiary/aromatic N) is 1. The Balaban J connectivity index is 2.77. The Morgan fingerprint density at radius 3 is 2.44 bits per heavy atom. The lowest BCUT2D eigenvalue weighted by Crippen LogP contribution is -2.40. The molecular formula is C9H12BrF3N2O2S. The third kappa shape index (κ3) is 3.98. The second-order valence-electron chi connectivity index (χ2n) is 3.79. The van der Waals surface area contributed by atoms with Gasteiger partial charge in [0, 0.05) is 4.83 Å². The molecule has 2 unspecified atom stereocenters. The van der Waals surface area contributed by atoms with E-state index in [9.17, 15) is 21.6 Å². The zero-order valence-electron chi connectivity index (χ0n) is 9.41. The molecule has 104 valence electrons. The van der Waals surface area contributed by atoms with Crippen molar-refractivity contribution in [2.45, 2.75) is 36.1 Å². The Morgan fingerprint density at radius 1 is 1.39 bits per heavy atom. The molecule has 0 aromatic rings. The number of aliphatic imine (C=N–C) groups is 1. The summed E-state index contributed by atoms with van der Waals surface area (Å²) in [6.07, 6.45) is 5.05. The molecule has 18 heavy (non-hydrogen) atoms. The summed E-state index contributed by atoms with van der Waals surface area (Å²) >= 11 is 3.34. The van der Waals surface area contributed by atoms with Gasteiger partial charge in [0.15, 0.2) is 0 Å². The minimum Gasteiger partial charge on any atom is -0.267 e. The van der Waals surface area contributed by atoms with E-state index in [1.807, 2.05) is 12.2 Å². The molecule has 2 atom stereocenters. The maximum absolute atomic E-state index is 12.1. The predicted molar refractivity (Wildman–Crippen MR) is 66.1 cm³/mol. The molecule has 1 rings (SSSR count). The lowest BCUT2D eigenvalue weighted by atomic mass is 10.0. The number of hydrogen-bond donors (Lipinski definition) is 1. The molecule has 1 aliphatic carbocycles. The molecule has 0 aromatic carbocycles. The Hall–Kier alpha value is -0.570. The molecule has 0 heterocycles. The van der Waals surface area contributed by atoms with E-state index in [0.29, 0.717) is 12.8 Å². The monoisotopic (exact) mass is 348 g/mol. The fourth-order valence-corrected chi connectivity index (χ4v) is 2.53. The number of rotatable bonds is 2. The number of nitrogens with one attached hydrogen (secondary N) is 1. The average molecular weight is 349 g/mol. The Kier molecular flexibility index (Phi) is 4.82. The molecule has 0 radical (unpaired) electrons. The summed E-state index contributed by atoms with van der Waals surface area (Å²) < 4.78 is 59.5. The number of amidine groups is 1. The Bertz CT molecular complexity index is 459. The zero-order valence-corrected chi connectivity index (χ0v) is 11.8. The molecule has 9 heteroatoms. The predicted octanol–water partition coefficient (Wildman–Crippen LogP) is 2.33. The van der Waals surface area contributed by atoms with Crippen molar-refractivity contribution in [3.63, 3.8) is 0 Å². The molecule has 0 bridgehead atoms. The van der Waals surface area contributed by atoms with Crippen LogP contribution >= 0.6 is 15.9 Å². The van der Waals surface area contributed by atoms with Gasteiger partial charge in [-0.15, -0.1) is 0 Å². The van der Waals surface area contributed by atoms with Crippen LogP contribution in [0.5, 0.6) is 0 Å². The smallest absolute Gasteiger partial charge is 0.267 e. The van der Waals surface area contributed by atoms with Crippen LogP contribution in [0.2, 0.25) is 0 Å². The first-order valence-corrected chi connectivity index (χ1v) is 7.46. The van der Waals surface area contributed by atoms with Gasteiger partial charge in [-0.25, -0.2) is 0 Å². The molecule has 0 saturated carbocycles. The van der Waals surface area contributed by atoms with Crippen LogP contribution in [0.4, 0.5) is 13.2 Å². The van der Waals surface area contributed by atoms with E-state index >= 15 is 0 Å². The van der Waals surface area contributed by atoms with Crippen molar-refractivity contribution in [2.24, 2.45) is 4.99 Å². The van der Waals surface area contributed by atoms with Crippen molar-refractivity contribution in [3.8, 4) is 0 Å². The molecule has 0 amide bonds. The van der Waals surface area contributed by atoms with E-state index in [1.165, 1.54) is 11.6 Å². The van der Waals surface area contributed by atoms with E-state index in [0.717, 1.165) is 0 Å². The van der Waals surface area contributed by atoms with Crippen LogP contribution in [0, 0.1) is 0 Å². The molecule has 0 saturated heterocycles. The van der Waals surface area contributed by atoms with Crippen LogP contribution in [0.3, 0.4) is 0 Å². The molecular weight excluding hydrogens is 337 g/mol. The first kappa shape index (κ1) is 15.5. The normalized spacial score (nSPS) is 26.2. The highest BCUT2D eigenvalue weighted by atomic mass is 79.9. The molecule has 1 N–H and O–H groups in total. The number of alkyl halides is 4. The Morgan fingerprint density at radius 2 is 1.94 bits per heavy atom. The quantitative estimate of drug-likeness (QED) is 0.360. The highest BCUT2D eigenvalue weighted by Gasteiger charge is 2.46. The van der Waals surface area contributed by atoms with Gasteiger partial charge in [-0.1, -0.05) is 28.1 Å². The summed E-state index contributed by atoms with van der Waals surface area (Å²) in [7, 11) is -5.38. The highest BCUT2D eigenvalue weighted by molar-refractivity contribution is 9.09. The summed E-state index contributed by atoms with van der Waals surface area (Å²) in [4.78, 5) is 3.94. The number of halogens is 4. The van der Waals surface area contributed by atoms with E-state index in [2.05, 4.69) is 20.9 Å². The van der Waals surface area contributed by atoms with E-state index in [-0.39, 0.29) is 16.7 Å². The fourth-order valence-electron chi connectivity index (χ4n) is 1.43. The van der Waals surface area contributed by atoms with Crippen LogP contribution in [0.1, 0.15) is 19.8 Å². The first-order valence-electron chi connectivity index (χ1n) is 5.06. The van der Waals surface area contributed by atoms with Gasteiger partial charge in [0.2, 0.25) is 0 Å². The molecule has 0 aliphatic heterocycles. The largest absolute Gasteiger partial charge is 0.516 e. The van der Waals surface area contributed by atoms with Gasteiger partial charge in [0.1, 0.15) is 5.84 Å². The third-order valence-corrected chi connectivity index (χ3v) is 4.43. The van der Waals surface area contributed by atoms with Crippen molar-refractivity contribution in [1.29, 1.82) is 0 Å². The highest BCUT2D eigenvalue weighted by Crippen LogP contribution is 2.24. The zero-order chi connectivity index (χ0) is 14.0. The molecule has 4 nitrogen and oxygen atoms in total. The summed E-state index contributed by atoms with van der Waals surface area (Å²) in [5.41, 5.74) is -5.33. The van der Waals surface area contributed by atoms with E-state index in [4.69, 9.17) is 0 Å². The van der Waals surface area contributed by atoms with Crippen molar-refractivity contribution in [2.75, 3.05) is 0 Å². The third-order valence-electron chi connectivity index (χ3n) is 2.27. The van der Waals surface area contributed by atoms with Crippen LogP contribution in [-0.4, -0.2) is 30.6 Å². The lowest BCUT2D eigenvalue weighted by Gasteiger charge is -2.21. The maximum Gasteiger partial charge on any atom is 0.516 e. The van der Waals surface area contributed by atoms with Gasteiger partial charge in [0.25, 0.3) is 0 Å². The summed E-state index contributed by atoms with van der Waals surface area (Å²) in [6.45, 7) is 1.20.